The molecule has 25 N–H and O–H groups in total. The fourth-order valence-electron chi connectivity index (χ4n) is 6.38. The smallest absolute Gasteiger partial charge is 0.325 e. The van der Waals surface area contributed by atoms with Crippen LogP contribution in [0.3, 0.4) is 0 Å². The number of carboxylic acid groups (broad SMARTS) is 1. The van der Waals surface area contributed by atoms with Gasteiger partial charge in [0.05, 0.1) is 26.4 Å². The van der Waals surface area contributed by atoms with Gasteiger partial charge in [0, 0.05) is 13.0 Å². The van der Waals surface area contributed by atoms with E-state index in [9.17, 15) is 68.1 Å². The van der Waals surface area contributed by atoms with Crippen molar-refractivity contribution in [2.24, 2.45) is 39.4 Å². The third-order valence-corrected chi connectivity index (χ3v) is 11.3. The van der Waals surface area contributed by atoms with Gasteiger partial charge in [-0.3, -0.25) is 57.7 Å². The average molecular weight is 1080 g/mol. The van der Waals surface area contributed by atoms with Gasteiger partial charge in [0.25, 0.3) is 0 Å². The van der Waals surface area contributed by atoms with Crippen molar-refractivity contribution in [2.45, 2.75) is 132 Å². The van der Waals surface area contributed by atoms with Crippen LogP contribution in [0.25, 0.3) is 0 Å². The summed E-state index contributed by atoms with van der Waals surface area (Å²) < 4.78 is 0. The molecule has 0 bridgehead atoms. The van der Waals surface area contributed by atoms with Gasteiger partial charge in [-0.25, -0.2) is 0 Å². The molecule has 0 aromatic rings. The van der Waals surface area contributed by atoms with Gasteiger partial charge in [-0.2, -0.15) is 11.8 Å². The van der Waals surface area contributed by atoms with E-state index in [2.05, 4.69) is 52.8 Å². The molecule has 0 radical (unpaired) electrons. The van der Waals surface area contributed by atoms with Crippen LogP contribution in [0.5, 0.6) is 0 Å². The maximum absolute atomic E-state index is 13.8. The molecule has 422 valence electrons. The maximum atomic E-state index is 13.8. The number of thioether (sulfide) groups is 1. The summed E-state index contributed by atoms with van der Waals surface area (Å²) in [6.07, 6.45) is 2.22. The Morgan fingerprint density at radius 1 is 0.514 bits per heavy atom. The van der Waals surface area contributed by atoms with Crippen LogP contribution >= 0.6 is 11.8 Å². The van der Waals surface area contributed by atoms with Gasteiger partial charge < -0.3 is 103 Å². The maximum Gasteiger partial charge on any atom is 0.325 e. The Bertz CT molecular complexity index is 1880. The molecule has 0 saturated heterocycles. The molecule has 0 fully saturated rings. The van der Waals surface area contributed by atoms with E-state index in [1.165, 1.54) is 18.7 Å². The molecule has 0 saturated carbocycles. The summed E-state index contributed by atoms with van der Waals surface area (Å²) in [5.41, 5.74) is 32.8. The first-order chi connectivity index (χ1) is 35.0. The summed E-state index contributed by atoms with van der Waals surface area (Å²) in [4.78, 5) is 146. The molecular formula is C42H78N16O15S. The molecule has 9 atom stereocenters. The lowest BCUT2D eigenvalue weighted by molar-refractivity contribution is -0.142. The first kappa shape index (κ1) is 67.5. The second-order valence-corrected chi connectivity index (χ2v) is 17.7. The molecule has 0 aromatic heterocycles. The predicted octanol–water partition coefficient (Wildman–Crippen LogP) is -9.28. The number of unbranched alkanes of at least 4 members (excludes halogenated alkanes) is 2. The third-order valence-electron chi connectivity index (χ3n) is 10.6. The zero-order valence-electron chi connectivity index (χ0n) is 41.7. The first-order valence-corrected chi connectivity index (χ1v) is 25.1. The number of amides is 10. The average Bonchev–Trinajstić information content (AvgIpc) is 3.35. The van der Waals surface area contributed by atoms with E-state index in [0.29, 0.717) is 18.6 Å². The lowest BCUT2D eigenvalue weighted by Crippen LogP contribution is -2.61. The van der Waals surface area contributed by atoms with Gasteiger partial charge in [-0.15, -0.1) is 0 Å². The topological polar surface area (TPSA) is 545 Å². The number of carbonyl (C=O) groups excluding carboxylic acids is 10. The van der Waals surface area contributed by atoms with E-state index in [1.807, 2.05) is 0 Å². The molecule has 0 aliphatic heterocycles. The number of carboxylic acids is 1. The minimum Gasteiger partial charge on any atom is -0.480 e. The predicted molar refractivity (Wildman–Crippen MR) is 268 cm³/mol. The van der Waals surface area contributed by atoms with Crippen LogP contribution in [-0.2, 0) is 52.7 Å². The van der Waals surface area contributed by atoms with Gasteiger partial charge in [-0.1, -0.05) is 0 Å². The molecule has 0 aromatic carbocycles. The summed E-state index contributed by atoms with van der Waals surface area (Å²) >= 11 is 1.30. The largest absolute Gasteiger partial charge is 0.480 e. The summed E-state index contributed by atoms with van der Waals surface area (Å²) in [7, 11) is 0. The fourth-order valence-corrected chi connectivity index (χ4v) is 6.85. The Morgan fingerprint density at radius 2 is 0.905 bits per heavy atom. The van der Waals surface area contributed by atoms with E-state index < -0.39 is 146 Å². The number of aliphatic imine (C=N–C) groups is 1. The Morgan fingerprint density at radius 3 is 1.30 bits per heavy atom. The van der Waals surface area contributed by atoms with Crippen LogP contribution < -0.4 is 82.3 Å². The van der Waals surface area contributed by atoms with Gasteiger partial charge in [0.15, 0.2) is 5.96 Å². The molecule has 0 aliphatic carbocycles. The highest BCUT2D eigenvalue weighted by molar-refractivity contribution is 7.98. The van der Waals surface area contributed by atoms with Crippen molar-refractivity contribution in [2.75, 3.05) is 58.0 Å². The van der Waals surface area contributed by atoms with Crippen LogP contribution in [0.15, 0.2) is 4.99 Å². The van der Waals surface area contributed by atoms with E-state index in [4.69, 9.17) is 39.5 Å². The van der Waals surface area contributed by atoms with Crippen molar-refractivity contribution < 1.29 is 73.2 Å². The number of nitrogens with zero attached hydrogens (tertiary/aromatic N) is 1. The Kier molecular flexibility index (Phi) is 34.8. The van der Waals surface area contributed by atoms with Crippen LogP contribution in [0.1, 0.15) is 77.6 Å². The van der Waals surface area contributed by atoms with Crippen molar-refractivity contribution in [3.8, 4) is 0 Å². The minimum absolute atomic E-state index is 0.0134. The van der Waals surface area contributed by atoms with Crippen LogP contribution in [0.4, 0.5) is 0 Å². The zero-order valence-corrected chi connectivity index (χ0v) is 42.5. The molecular weight excluding hydrogens is 1000 g/mol. The van der Waals surface area contributed by atoms with Crippen LogP contribution in [0.2, 0.25) is 0 Å². The van der Waals surface area contributed by atoms with Crippen LogP contribution in [0, 0.1) is 0 Å². The number of hydrogen-bond donors (Lipinski definition) is 19. The minimum atomic E-state index is -1.81. The van der Waals surface area contributed by atoms with Gasteiger partial charge >= 0.3 is 5.97 Å². The zero-order chi connectivity index (χ0) is 56.3. The molecule has 32 heteroatoms. The quantitative estimate of drug-likeness (QED) is 0.0154. The highest BCUT2D eigenvalue weighted by Crippen LogP contribution is 2.09. The summed E-state index contributed by atoms with van der Waals surface area (Å²) in [6.45, 7) is -1.88. The number of aliphatic hydroxyl groups is 3. The number of aliphatic hydroxyl groups excluding tert-OH is 3. The number of nitrogens with one attached hydrogen (secondary N) is 9. The summed E-state index contributed by atoms with van der Waals surface area (Å²) in [5, 5.41) is 60.0. The SMILES string of the molecule is CSCC[C@H](NC(=O)[C@H](CCCCN)NC(=O)[C@H](CO)NC(=O)[C@H](CO)NC(=O)[C@H](CCCCN)NC(=O)[C@H](CCCN=C(N)N)NC(=O)CNC(=O)[C@@H](N)CO)C(=O)N[C@@H](CCC(N)=O)C(=O)N[C@@H](C)C(=O)O. The number of hydrogen-bond acceptors (Lipinski definition) is 19. The molecule has 0 aliphatic rings. The molecule has 0 spiro atoms. The van der Waals surface area contributed by atoms with Crippen molar-refractivity contribution in [3.05, 3.63) is 0 Å². The van der Waals surface area contributed by atoms with Crippen molar-refractivity contribution in [3.63, 3.8) is 0 Å². The van der Waals surface area contributed by atoms with Gasteiger partial charge in [0.2, 0.25) is 59.1 Å². The highest BCUT2D eigenvalue weighted by Gasteiger charge is 2.34. The number of nitrogens with two attached hydrogens (primary N) is 6. The van der Waals surface area contributed by atoms with E-state index in [-0.39, 0.29) is 83.4 Å². The number of rotatable bonds is 40. The monoisotopic (exact) mass is 1080 g/mol. The molecule has 10 amide bonds. The second-order valence-electron chi connectivity index (χ2n) is 16.7. The second kappa shape index (κ2) is 38.2. The molecule has 31 nitrogen and oxygen atoms in total. The van der Waals surface area contributed by atoms with Gasteiger partial charge in [-0.05, 0) is 96.2 Å². The first-order valence-electron chi connectivity index (χ1n) is 23.7. The molecule has 74 heavy (non-hydrogen) atoms. The normalized spacial score (nSPS) is 14.5. The lowest BCUT2D eigenvalue weighted by atomic mass is 10.1. The Hall–Kier alpha value is -6.45. The van der Waals surface area contributed by atoms with E-state index in [1.54, 1.807) is 6.26 Å². The van der Waals surface area contributed by atoms with E-state index >= 15 is 0 Å². The highest BCUT2D eigenvalue weighted by atomic mass is 32.2. The standard InChI is InChI=1S/C42H78N16O15S/c1-22(41(72)73)51-34(65)27(11-12-31(46)62)55-38(69)28(13-17-74-2)56-36(67)25(8-3-5-14-43)54-39(70)29(20-60)58-40(71)30(21-61)57-37(68)26(9-4-6-15-44)53-35(66)24(10-7-16-49-42(47)48)52-32(63)18-50-33(64)23(45)19-59/h22-30,59-61H,3-21,43-45H2,1-2H3,(H2,46,62)(H,50,64)(H,51,65)(H,52,63)(H,53,66)(H,54,70)(H,55,69)(H,56,67)(H,57,68)(H,58,71)(H,72,73)(H4,47,48,49)/t22-,23-,24-,25-,26-,27-,28-,29-,30-/m0/s1. The third kappa shape index (κ3) is 28.1. The molecule has 0 heterocycles. The number of aliphatic carboxylic acids is 1. The van der Waals surface area contributed by atoms with E-state index in [0.717, 1.165) is 0 Å². The number of carbonyl (C=O) groups is 11. The fraction of sp³-hybridized carbons (Fsp3) is 0.714. The van der Waals surface area contributed by atoms with Crippen molar-refractivity contribution in [1.29, 1.82) is 0 Å². The number of guanidine groups is 1. The summed E-state index contributed by atoms with van der Waals surface area (Å²) in [5.74, 6) is -10.8. The van der Waals surface area contributed by atoms with Crippen LogP contribution in [-0.4, -0.2) is 204 Å². The number of primary amides is 1. The van der Waals surface area contributed by atoms with Crippen molar-refractivity contribution in [1.82, 2.24) is 47.9 Å². The lowest BCUT2D eigenvalue weighted by Gasteiger charge is -2.27. The van der Waals surface area contributed by atoms with Crippen molar-refractivity contribution >= 4 is 82.8 Å². The Balaban J connectivity index is 6.39. The molecule has 0 unspecified atom stereocenters. The summed E-state index contributed by atoms with van der Waals surface area (Å²) in [6, 6.07) is -13.3. The molecule has 0 rings (SSSR count). The Labute approximate surface area is 432 Å². The van der Waals surface area contributed by atoms with Gasteiger partial charge in [0.1, 0.15) is 54.4 Å².